The largest absolute Gasteiger partial charge is 0.398 e. The fourth-order valence-electron chi connectivity index (χ4n) is 1.65. The first-order chi connectivity index (χ1) is 8.94. The third-order valence-electron chi connectivity index (χ3n) is 2.88. The van der Waals surface area contributed by atoms with Gasteiger partial charge in [-0.15, -0.1) is 5.10 Å². The molecule has 2 N–H and O–H groups in total. The summed E-state index contributed by atoms with van der Waals surface area (Å²) in [4.78, 5) is 0. The molecule has 1 aromatic carbocycles. The van der Waals surface area contributed by atoms with Gasteiger partial charge in [0.2, 0.25) is 0 Å². The zero-order valence-corrected chi connectivity index (χ0v) is 11.8. The van der Waals surface area contributed by atoms with Gasteiger partial charge in [0.05, 0.1) is 22.9 Å². The summed E-state index contributed by atoms with van der Waals surface area (Å²) in [7, 11) is 1.65. The van der Waals surface area contributed by atoms with Crippen molar-refractivity contribution in [2.45, 2.75) is 26.0 Å². The van der Waals surface area contributed by atoms with Gasteiger partial charge in [-0.3, -0.25) is 0 Å². The van der Waals surface area contributed by atoms with Crippen LogP contribution in [-0.2, 0) is 11.3 Å². The Hall–Kier alpha value is -1.66. The number of nitrogen functional groups attached to an aromatic ring is 1. The number of hydrogen-bond donors (Lipinski definition) is 1. The summed E-state index contributed by atoms with van der Waals surface area (Å²) in [5, 5.41) is 12.1. The van der Waals surface area contributed by atoms with Gasteiger partial charge in [-0.05, 0) is 36.4 Å². The molecule has 102 valence electrons. The van der Waals surface area contributed by atoms with Gasteiger partial charge in [-0.1, -0.05) is 17.7 Å². The van der Waals surface area contributed by atoms with Crippen LogP contribution >= 0.6 is 11.6 Å². The van der Waals surface area contributed by atoms with Crippen LogP contribution in [0.15, 0.2) is 18.2 Å². The Bertz CT molecular complexity index is 581. The number of tetrazole rings is 1. The number of nitrogens with two attached hydrogens (primary N) is 1. The maximum Gasteiger partial charge on any atom is 0.183 e. The van der Waals surface area contributed by atoms with E-state index in [0.717, 1.165) is 0 Å². The molecule has 0 amide bonds. The van der Waals surface area contributed by atoms with E-state index in [0.29, 0.717) is 28.6 Å². The minimum absolute atomic E-state index is 0.378. The van der Waals surface area contributed by atoms with Crippen molar-refractivity contribution in [2.75, 3.05) is 12.8 Å². The lowest BCUT2D eigenvalue weighted by Gasteiger charge is -2.22. The number of benzene rings is 1. The third kappa shape index (κ3) is 2.85. The van der Waals surface area contributed by atoms with Gasteiger partial charge < -0.3 is 10.5 Å². The fourth-order valence-corrected chi connectivity index (χ4v) is 1.86. The summed E-state index contributed by atoms with van der Waals surface area (Å²) >= 11 is 6.20. The molecule has 0 radical (unpaired) electrons. The van der Waals surface area contributed by atoms with Gasteiger partial charge in [-0.25, -0.2) is 4.68 Å². The van der Waals surface area contributed by atoms with E-state index in [1.165, 1.54) is 0 Å². The van der Waals surface area contributed by atoms with Crippen LogP contribution in [0.2, 0.25) is 5.02 Å². The van der Waals surface area contributed by atoms with Gasteiger partial charge in [0.25, 0.3) is 0 Å². The van der Waals surface area contributed by atoms with Crippen molar-refractivity contribution in [3.8, 4) is 11.4 Å². The van der Waals surface area contributed by atoms with Crippen molar-refractivity contribution < 1.29 is 4.74 Å². The Kier molecular flexibility index (Phi) is 3.73. The summed E-state index contributed by atoms with van der Waals surface area (Å²) < 4.78 is 7.04. The number of anilines is 1. The molecule has 0 saturated carbocycles. The van der Waals surface area contributed by atoms with Crippen molar-refractivity contribution in [3.05, 3.63) is 23.2 Å². The number of rotatable bonds is 4. The molecule has 0 saturated heterocycles. The minimum Gasteiger partial charge on any atom is -0.398 e. The first-order valence-corrected chi connectivity index (χ1v) is 6.18. The molecule has 0 aliphatic carbocycles. The molecule has 19 heavy (non-hydrogen) atoms. The van der Waals surface area contributed by atoms with Crippen molar-refractivity contribution in [2.24, 2.45) is 0 Å². The van der Waals surface area contributed by atoms with Crippen LogP contribution in [0.1, 0.15) is 13.8 Å². The van der Waals surface area contributed by atoms with Crippen LogP contribution in [-0.4, -0.2) is 32.9 Å². The van der Waals surface area contributed by atoms with Crippen molar-refractivity contribution in [3.63, 3.8) is 0 Å². The van der Waals surface area contributed by atoms with E-state index < -0.39 is 0 Å². The van der Waals surface area contributed by atoms with E-state index >= 15 is 0 Å². The summed E-state index contributed by atoms with van der Waals surface area (Å²) in [6.07, 6.45) is 0. The Morgan fingerprint density at radius 2 is 2.16 bits per heavy atom. The number of aromatic nitrogens is 4. The molecule has 0 aliphatic rings. The first kappa shape index (κ1) is 13.8. The number of halogens is 1. The normalized spacial score (nSPS) is 11.8. The molecule has 6 nitrogen and oxygen atoms in total. The van der Waals surface area contributed by atoms with Crippen LogP contribution < -0.4 is 5.73 Å². The maximum atomic E-state index is 6.20. The van der Waals surface area contributed by atoms with Gasteiger partial charge in [0, 0.05) is 12.7 Å². The summed E-state index contributed by atoms with van der Waals surface area (Å²) in [6.45, 7) is 4.43. The second kappa shape index (κ2) is 5.14. The molecule has 0 bridgehead atoms. The second-order valence-corrected chi connectivity index (χ2v) is 5.21. The lowest BCUT2D eigenvalue weighted by Crippen LogP contribution is -2.30. The summed E-state index contributed by atoms with van der Waals surface area (Å²) in [5.74, 6) is 0.572. The average molecular weight is 282 g/mol. The molecule has 7 heteroatoms. The van der Waals surface area contributed by atoms with E-state index in [4.69, 9.17) is 22.1 Å². The average Bonchev–Trinajstić information content (AvgIpc) is 2.80. The summed E-state index contributed by atoms with van der Waals surface area (Å²) in [6, 6.07) is 5.39. The second-order valence-electron chi connectivity index (χ2n) is 4.83. The number of nitrogens with zero attached hydrogens (tertiary/aromatic N) is 4. The molecule has 1 heterocycles. The van der Waals surface area contributed by atoms with E-state index in [1.807, 2.05) is 26.0 Å². The van der Waals surface area contributed by atoms with Crippen LogP contribution in [0, 0.1) is 0 Å². The molecule has 0 spiro atoms. The highest BCUT2D eigenvalue weighted by atomic mass is 35.5. The predicted octanol–water partition coefficient (Wildman–Crippen LogP) is 2.00. The zero-order valence-electron chi connectivity index (χ0n) is 11.1. The van der Waals surface area contributed by atoms with Crippen LogP contribution in [0.25, 0.3) is 11.4 Å². The molecule has 2 aromatic rings. The predicted molar refractivity (Wildman–Crippen MR) is 73.8 cm³/mol. The van der Waals surface area contributed by atoms with E-state index in [2.05, 4.69) is 15.5 Å². The SMILES string of the molecule is COC(C)(C)Cn1nnnc1-c1cccc(N)c1Cl. The number of methoxy groups -OCH3 is 1. The number of ether oxygens (including phenoxy) is 1. The van der Waals surface area contributed by atoms with Gasteiger partial charge in [-0.2, -0.15) is 0 Å². The lowest BCUT2D eigenvalue weighted by molar-refractivity contribution is 0.00539. The zero-order chi connectivity index (χ0) is 14.0. The van der Waals surface area contributed by atoms with Gasteiger partial charge in [0.1, 0.15) is 0 Å². The first-order valence-electron chi connectivity index (χ1n) is 5.80. The van der Waals surface area contributed by atoms with E-state index in [1.54, 1.807) is 17.9 Å². The summed E-state index contributed by atoms with van der Waals surface area (Å²) in [5.41, 5.74) is 6.62. The van der Waals surface area contributed by atoms with Crippen LogP contribution in [0.5, 0.6) is 0 Å². The molecule has 0 unspecified atom stereocenters. The monoisotopic (exact) mass is 281 g/mol. The van der Waals surface area contributed by atoms with Gasteiger partial charge >= 0.3 is 0 Å². The molecule has 0 atom stereocenters. The van der Waals surface area contributed by atoms with Gasteiger partial charge in [0.15, 0.2) is 5.82 Å². The van der Waals surface area contributed by atoms with Crippen molar-refractivity contribution in [1.82, 2.24) is 20.2 Å². The van der Waals surface area contributed by atoms with Crippen LogP contribution in [0.4, 0.5) is 5.69 Å². The Balaban J connectivity index is 2.42. The fraction of sp³-hybridized carbons (Fsp3) is 0.417. The standard InChI is InChI=1S/C12H16ClN5O/c1-12(2,19-3)7-18-11(15-16-17-18)8-5-4-6-9(14)10(8)13/h4-6H,7,14H2,1-3H3. The molecule has 1 aromatic heterocycles. The molecular formula is C12H16ClN5O. The molecule has 0 aliphatic heterocycles. The van der Waals surface area contributed by atoms with E-state index in [-0.39, 0.29) is 5.60 Å². The Labute approximate surface area is 116 Å². The molecule has 2 rings (SSSR count). The number of hydrogen-bond acceptors (Lipinski definition) is 5. The Morgan fingerprint density at radius 1 is 1.42 bits per heavy atom. The quantitative estimate of drug-likeness (QED) is 0.867. The molecule has 0 fully saturated rings. The highest BCUT2D eigenvalue weighted by Crippen LogP contribution is 2.30. The van der Waals surface area contributed by atoms with E-state index in [9.17, 15) is 0 Å². The minimum atomic E-state index is -0.378. The maximum absolute atomic E-state index is 6.20. The highest BCUT2D eigenvalue weighted by Gasteiger charge is 2.22. The highest BCUT2D eigenvalue weighted by molar-refractivity contribution is 6.35. The third-order valence-corrected chi connectivity index (χ3v) is 3.31. The molecular weight excluding hydrogens is 266 g/mol. The lowest BCUT2D eigenvalue weighted by atomic mass is 10.1. The van der Waals surface area contributed by atoms with Crippen molar-refractivity contribution in [1.29, 1.82) is 0 Å². The van der Waals surface area contributed by atoms with Crippen molar-refractivity contribution >= 4 is 17.3 Å². The smallest absolute Gasteiger partial charge is 0.183 e. The topological polar surface area (TPSA) is 78.8 Å². The van der Waals surface area contributed by atoms with Crippen LogP contribution in [0.3, 0.4) is 0 Å². The Morgan fingerprint density at radius 3 is 2.84 bits per heavy atom.